The molecule has 0 aliphatic rings. The van der Waals surface area contributed by atoms with Gasteiger partial charge >= 0.3 is 20.1 Å². The largest absolute Gasteiger partial charge is 3.00 e. The topological polar surface area (TPSA) is 41.6 Å². The number of hydrogen-bond acceptors (Lipinski definition) is 2. The fourth-order valence-electron chi connectivity index (χ4n) is 1.39. The van der Waals surface area contributed by atoms with Crippen LogP contribution in [0.1, 0.15) is 11.1 Å². The fraction of sp³-hybridized carbons (Fsp3) is 0.200. The average molecular weight is 365 g/mol. The minimum Gasteiger partial charge on any atom is -0.276 e. The zero-order valence-corrected chi connectivity index (χ0v) is 10.4. The van der Waals surface area contributed by atoms with E-state index < -0.39 is 0 Å². The smallest absolute Gasteiger partial charge is 0.276 e. The molecule has 0 unspecified atom stereocenters. The van der Waals surface area contributed by atoms with Crippen molar-refractivity contribution in [3.63, 3.8) is 0 Å². The first-order chi connectivity index (χ1) is 6.27. The third kappa shape index (κ3) is 2.08. The zero-order chi connectivity index (χ0) is 9.26. The van der Waals surface area contributed by atoms with Crippen molar-refractivity contribution >= 4 is 0 Å². The van der Waals surface area contributed by atoms with Crippen molar-refractivity contribution in [1.29, 1.82) is 0 Å². The van der Waals surface area contributed by atoms with Crippen LogP contribution in [0.5, 0.6) is 0 Å². The van der Waals surface area contributed by atoms with Crippen LogP contribution in [-0.4, -0.2) is 15.2 Å². The summed E-state index contributed by atoms with van der Waals surface area (Å²) in [6, 6.07) is 4.04. The van der Waals surface area contributed by atoms with E-state index in [1.165, 1.54) is 11.1 Å². The number of nitrogens with zero attached hydrogens (tertiary/aromatic N) is 2. The van der Waals surface area contributed by atoms with Crippen molar-refractivity contribution < 1.29 is 20.1 Å². The molecule has 0 radical (unpaired) electrons. The van der Waals surface area contributed by atoms with Gasteiger partial charge in [0.25, 0.3) is 0 Å². The van der Waals surface area contributed by atoms with E-state index in [-0.39, 0.29) is 20.1 Å². The third-order valence-corrected chi connectivity index (χ3v) is 1.97. The van der Waals surface area contributed by atoms with E-state index in [9.17, 15) is 0 Å². The Balaban J connectivity index is 0.000000980. The number of rotatable bonds is 1. The van der Waals surface area contributed by atoms with Crippen LogP contribution >= 0.6 is 0 Å². The van der Waals surface area contributed by atoms with Gasteiger partial charge in [0, 0.05) is 12.4 Å². The Morgan fingerprint density at radius 3 is 2.64 bits per heavy atom. The number of aromatic amines is 1. The molecule has 0 saturated heterocycles. The molecule has 2 heterocycles. The van der Waals surface area contributed by atoms with E-state index in [1.807, 2.05) is 19.2 Å². The molecule has 72 valence electrons. The Hall–Kier alpha value is -0.991. The quantitative estimate of drug-likeness (QED) is 0.841. The first-order valence-electron chi connectivity index (χ1n) is 4.20. The van der Waals surface area contributed by atoms with Crippen LogP contribution in [0.4, 0.5) is 0 Å². The summed E-state index contributed by atoms with van der Waals surface area (Å²) in [5, 5.41) is 6.80. The molecule has 0 saturated carbocycles. The summed E-state index contributed by atoms with van der Waals surface area (Å²) in [6.07, 6.45) is 3.60. The number of nitrogens with one attached hydrogen (secondary N) is 1. The Morgan fingerprint density at radius 2 is 2.07 bits per heavy atom. The van der Waals surface area contributed by atoms with Gasteiger partial charge in [-0.1, -0.05) is 6.07 Å². The second kappa shape index (κ2) is 4.49. The van der Waals surface area contributed by atoms with Crippen LogP contribution in [-0.2, 0) is 20.1 Å². The van der Waals surface area contributed by atoms with Gasteiger partial charge < -0.3 is 0 Å². The molecule has 0 spiro atoms. The maximum Gasteiger partial charge on any atom is 3.00 e. The van der Waals surface area contributed by atoms with Crippen molar-refractivity contribution in [1.82, 2.24) is 15.2 Å². The molecule has 14 heavy (non-hydrogen) atoms. The maximum atomic E-state index is 4.35. The summed E-state index contributed by atoms with van der Waals surface area (Å²) >= 11 is 0. The molecule has 0 fully saturated rings. The van der Waals surface area contributed by atoms with E-state index in [0.29, 0.717) is 0 Å². The van der Waals surface area contributed by atoms with Crippen LogP contribution in [0.25, 0.3) is 11.4 Å². The first kappa shape index (κ1) is 11.1. The molecular formula is C10H11IrN3+3. The Kier molecular flexibility index (Phi) is 3.55. The number of hydrogen-bond donors (Lipinski definition) is 1. The van der Waals surface area contributed by atoms with Gasteiger partial charge in [-0.25, -0.2) is 0 Å². The van der Waals surface area contributed by atoms with Gasteiger partial charge in [0.2, 0.25) is 0 Å². The van der Waals surface area contributed by atoms with Crippen LogP contribution in [0, 0.1) is 13.8 Å². The van der Waals surface area contributed by atoms with Gasteiger partial charge in [-0.15, -0.1) is 0 Å². The molecule has 2 rings (SSSR count). The normalized spacial score (nSPS) is 9.57. The number of aromatic nitrogens is 3. The Bertz CT molecular complexity index is 409. The van der Waals surface area contributed by atoms with Crippen molar-refractivity contribution in [2.75, 3.05) is 0 Å². The predicted octanol–water partition coefficient (Wildman–Crippen LogP) is 2.09. The van der Waals surface area contributed by atoms with Gasteiger partial charge in [-0.3, -0.25) is 10.1 Å². The van der Waals surface area contributed by atoms with Gasteiger partial charge in [0.1, 0.15) is 0 Å². The van der Waals surface area contributed by atoms with Crippen molar-refractivity contribution in [3.8, 4) is 11.4 Å². The number of pyridine rings is 1. The summed E-state index contributed by atoms with van der Waals surface area (Å²) in [5.74, 6) is 0. The van der Waals surface area contributed by atoms with Gasteiger partial charge in [-0.05, 0) is 31.0 Å². The SMILES string of the molecule is Cc1cnc(-c2ccn[nH]2)c(C)c1.[Ir+3]. The fourth-order valence-corrected chi connectivity index (χ4v) is 1.39. The van der Waals surface area contributed by atoms with Crippen molar-refractivity contribution in [2.45, 2.75) is 13.8 Å². The van der Waals surface area contributed by atoms with Crippen LogP contribution in [0.3, 0.4) is 0 Å². The van der Waals surface area contributed by atoms with Crippen LogP contribution in [0.15, 0.2) is 24.5 Å². The molecule has 0 aromatic carbocycles. The van der Waals surface area contributed by atoms with Crippen molar-refractivity contribution in [3.05, 3.63) is 35.7 Å². The second-order valence-corrected chi connectivity index (χ2v) is 3.15. The molecule has 1 N–H and O–H groups in total. The van der Waals surface area contributed by atoms with Gasteiger partial charge in [0.05, 0.1) is 11.4 Å². The summed E-state index contributed by atoms with van der Waals surface area (Å²) in [7, 11) is 0. The van der Waals surface area contributed by atoms with E-state index >= 15 is 0 Å². The van der Waals surface area contributed by atoms with E-state index in [0.717, 1.165) is 11.4 Å². The van der Waals surface area contributed by atoms with Crippen molar-refractivity contribution in [2.24, 2.45) is 0 Å². The molecule has 2 aromatic rings. The predicted molar refractivity (Wildman–Crippen MR) is 51.3 cm³/mol. The maximum absolute atomic E-state index is 4.35. The standard InChI is InChI=1S/C10H11N3.Ir/c1-7-5-8(2)10(11-6-7)9-3-4-12-13-9;/h3-6H,1-2H3,(H,12,13);/q;+3. The van der Waals surface area contributed by atoms with Crippen LogP contribution < -0.4 is 0 Å². The molecule has 0 amide bonds. The summed E-state index contributed by atoms with van der Waals surface area (Å²) in [5.41, 5.74) is 4.30. The minimum absolute atomic E-state index is 0. The summed E-state index contributed by atoms with van der Waals surface area (Å²) in [6.45, 7) is 4.09. The second-order valence-electron chi connectivity index (χ2n) is 3.15. The molecule has 0 aliphatic carbocycles. The molecule has 4 heteroatoms. The van der Waals surface area contributed by atoms with E-state index in [2.05, 4.69) is 28.2 Å². The molecule has 0 bridgehead atoms. The van der Waals surface area contributed by atoms with E-state index in [4.69, 9.17) is 0 Å². The minimum atomic E-state index is 0. The summed E-state index contributed by atoms with van der Waals surface area (Å²) in [4.78, 5) is 4.35. The molecular weight excluding hydrogens is 354 g/mol. The molecule has 2 aromatic heterocycles. The van der Waals surface area contributed by atoms with Gasteiger partial charge in [0.15, 0.2) is 0 Å². The molecule has 3 nitrogen and oxygen atoms in total. The average Bonchev–Trinajstić information content (AvgIpc) is 2.56. The third-order valence-electron chi connectivity index (χ3n) is 1.97. The van der Waals surface area contributed by atoms with Crippen LogP contribution in [0.2, 0.25) is 0 Å². The number of H-pyrrole nitrogens is 1. The molecule has 0 atom stereocenters. The number of aryl methyl sites for hydroxylation is 2. The molecule has 0 aliphatic heterocycles. The van der Waals surface area contributed by atoms with E-state index in [1.54, 1.807) is 6.20 Å². The summed E-state index contributed by atoms with van der Waals surface area (Å²) < 4.78 is 0. The zero-order valence-electron chi connectivity index (χ0n) is 8.04. The Labute approximate surface area is 96.3 Å². The van der Waals surface area contributed by atoms with Gasteiger partial charge in [-0.2, -0.15) is 5.10 Å². The monoisotopic (exact) mass is 366 g/mol. The first-order valence-corrected chi connectivity index (χ1v) is 4.20. The Morgan fingerprint density at radius 1 is 1.29 bits per heavy atom.